The summed E-state index contributed by atoms with van der Waals surface area (Å²) in [7, 11) is 0. The zero-order valence-corrected chi connectivity index (χ0v) is 11.5. The fourth-order valence-corrected chi connectivity index (χ4v) is 1.62. The molecule has 0 N–H and O–H groups in total. The van der Waals surface area contributed by atoms with E-state index in [0.717, 1.165) is 12.1 Å². The second-order valence-electron chi connectivity index (χ2n) is 4.04. The van der Waals surface area contributed by atoms with Gasteiger partial charge >= 0.3 is 18.9 Å². The maximum Gasteiger partial charge on any atom is 0.573 e. The normalized spacial score (nSPS) is 11.4. The number of carbonyl (C=O) groups excluding carboxylic acids is 1. The van der Waals surface area contributed by atoms with Gasteiger partial charge in [0.25, 0.3) is 0 Å². The molecule has 0 saturated carbocycles. The average Bonchev–Trinajstić information content (AvgIpc) is 2.33. The highest BCUT2D eigenvalue weighted by Crippen LogP contribution is 2.29. The molecule has 0 aromatic heterocycles. The number of hydrogen-bond acceptors (Lipinski definition) is 4. The molecule has 0 aliphatic rings. The molecule has 0 spiro atoms. The van der Waals surface area contributed by atoms with Crippen molar-refractivity contribution < 1.29 is 41.0 Å². The molecule has 0 bridgehead atoms. The summed E-state index contributed by atoms with van der Waals surface area (Å²) in [5.41, 5.74) is 0.172. The lowest BCUT2D eigenvalue weighted by Crippen LogP contribution is -2.17. The van der Waals surface area contributed by atoms with Crippen LogP contribution in [0.1, 0.15) is 18.9 Å². The second-order valence-corrected chi connectivity index (χ2v) is 4.04. The Morgan fingerprint density at radius 2 is 1.82 bits per heavy atom. The van der Waals surface area contributed by atoms with E-state index in [-0.39, 0.29) is 25.0 Å². The number of carbonyl (C=O) groups is 1. The van der Waals surface area contributed by atoms with Crippen LogP contribution in [-0.2, 0) is 16.0 Å². The third kappa shape index (κ3) is 7.09. The lowest BCUT2D eigenvalue weighted by molar-refractivity contribution is -0.274. The van der Waals surface area contributed by atoms with Crippen LogP contribution in [0.15, 0.2) is 18.2 Å². The molecule has 0 amide bonds. The van der Waals surface area contributed by atoms with Gasteiger partial charge in [-0.2, -0.15) is 8.78 Å². The van der Waals surface area contributed by atoms with E-state index in [2.05, 4.69) is 14.2 Å². The molecule has 0 radical (unpaired) electrons. The summed E-state index contributed by atoms with van der Waals surface area (Å²) in [5, 5.41) is 0. The summed E-state index contributed by atoms with van der Waals surface area (Å²) in [4.78, 5) is 11.2. The third-order valence-electron chi connectivity index (χ3n) is 2.32. The average molecular weight is 328 g/mol. The van der Waals surface area contributed by atoms with E-state index in [9.17, 15) is 26.7 Å². The fraction of sp³-hybridized carbons (Fsp3) is 0.462. The number of halogens is 5. The van der Waals surface area contributed by atoms with E-state index in [1.54, 1.807) is 6.92 Å². The fourth-order valence-electron chi connectivity index (χ4n) is 1.62. The minimum absolute atomic E-state index is 0.00646. The molecule has 9 heteroatoms. The summed E-state index contributed by atoms with van der Waals surface area (Å²) >= 11 is 0. The Bertz CT molecular complexity index is 502. The van der Waals surface area contributed by atoms with Gasteiger partial charge in [-0.15, -0.1) is 13.2 Å². The summed E-state index contributed by atoms with van der Waals surface area (Å²) in [5.74, 6) is -1.75. The van der Waals surface area contributed by atoms with Gasteiger partial charge in [-0.3, -0.25) is 4.79 Å². The van der Waals surface area contributed by atoms with Gasteiger partial charge in [0.15, 0.2) is 0 Å². The van der Waals surface area contributed by atoms with Crippen molar-refractivity contribution in [1.29, 1.82) is 0 Å². The Labute approximate surface area is 122 Å². The summed E-state index contributed by atoms with van der Waals surface area (Å²) in [6.45, 7) is -1.43. The zero-order valence-electron chi connectivity index (χ0n) is 11.5. The third-order valence-corrected chi connectivity index (χ3v) is 2.32. The van der Waals surface area contributed by atoms with Crippen molar-refractivity contribution >= 4 is 5.97 Å². The van der Waals surface area contributed by atoms with E-state index in [4.69, 9.17) is 0 Å². The highest BCUT2D eigenvalue weighted by molar-refractivity contribution is 5.69. The highest BCUT2D eigenvalue weighted by Gasteiger charge is 2.31. The lowest BCUT2D eigenvalue weighted by atomic mass is 10.1. The van der Waals surface area contributed by atoms with Gasteiger partial charge in [-0.25, -0.2) is 0 Å². The Morgan fingerprint density at radius 3 is 2.36 bits per heavy atom. The molecule has 0 heterocycles. The van der Waals surface area contributed by atoms with Crippen LogP contribution in [0.2, 0.25) is 0 Å². The van der Waals surface area contributed by atoms with Crippen LogP contribution in [0.4, 0.5) is 22.0 Å². The first kappa shape index (κ1) is 18.0. The molecule has 1 rings (SSSR count). The number of rotatable bonds is 7. The maximum atomic E-state index is 12.2. The van der Waals surface area contributed by atoms with Crippen molar-refractivity contribution in [3.63, 3.8) is 0 Å². The minimum Gasteiger partial charge on any atom is -0.466 e. The monoisotopic (exact) mass is 328 g/mol. The van der Waals surface area contributed by atoms with Gasteiger partial charge in [0.2, 0.25) is 0 Å². The molecule has 0 unspecified atom stereocenters. The topological polar surface area (TPSA) is 44.8 Å². The Morgan fingerprint density at radius 1 is 1.18 bits per heavy atom. The smallest absolute Gasteiger partial charge is 0.466 e. The first-order chi connectivity index (χ1) is 10.2. The van der Waals surface area contributed by atoms with Gasteiger partial charge in [0, 0.05) is 12.5 Å². The van der Waals surface area contributed by atoms with Crippen LogP contribution in [0.3, 0.4) is 0 Å². The molecule has 4 nitrogen and oxygen atoms in total. The van der Waals surface area contributed by atoms with Crippen molar-refractivity contribution in [2.75, 3.05) is 6.61 Å². The molecule has 1 aromatic carbocycles. The van der Waals surface area contributed by atoms with Gasteiger partial charge in [-0.1, -0.05) is 0 Å². The molecular weight excluding hydrogens is 315 g/mol. The highest BCUT2D eigenvalue weighted by atomic mass is 19.4. The predicted molar refractivity (Wildman–Crippen MR) is 64.7 cm³/mol. The summed E-state index contributed by atoms with van der Waals surface area (Å²) in [6, 6.07) is 2.78. The van der Waals surface area contributed by atoms with Gasteiger partial charge < -0.3 is 14.2 Å². The van der Waals surface area contributed by atoms with E-state index >= 15 is 0 Å². The molecule has 0 saturated heterocycles. The maximum absolute atomic E-state index is 12.2. The number of alkyl halides is 5. The van der Waals surface area contributed by atoms with Crippen molar-refractivity contribution in [2.24, 2.45) is 0 Å². The van der Waals surface area contributed by atoms with Gasteiger partial charge in [0.1, 0.15) is 11.5 Å². The van der Waals surface area contributed by atoms with Crippen LogP contribution >= 0.6 is 0 Å². The number of ether oxygens (including phenoxy) is 3. The summed E-state index contributed by atoms with van der Waals surface area (Å²) < 4.78 is 73.4. The predicted octanol–water partition coefficient (Wildman–Crippen LogP) is 3.68. The van der Waals surface area contributed by atoms with Crippen molar-refractivity contribution in [2.45, 2.75) is 32.7 Å². The number of aryl methyl sites for hydroxylation is 1. The first-order valence-electron chi connectivity index (χ1n) is 6.19. The van der Waals surface area contributed by atoms with Crippen LogP contribution in [0.25, 0.3) is 0 Å². The second kappa shape index (κ2) is 7.81. The van der Waals surface area contributed by atoms with Gasteiger partial charge in [-0.05, 0) is 31.0 Å². The van der Waals surface area contributed by atoms with E-state index < -0.39 is 30.4 Å². The molecule has 0 fully saturated rings. The first-order valence-corrected chi connectivity index (χ1v) is 6.19. The van der Waals surface area contributed by atoms with E-state index in [1.807, 2.05) is 0 Å². The Kier molecular flexibility index (Phi) is 6.39. The summed E-state index contributed by atoms with van der Waals surface area (Å²) in [6.07, 6.45) is -5.09. The Balaban J connectivity index is 2.89. The molecule has 124 valence electrons. The van der Waals surface area contributed by atoms with Crippen LogP contribution < -0.4 is 9.47 Å². The zero-order chi connectivity index (χ0) is 16.8. The largest absolute Gasteiger partial charge is 0.573 e. The molecule has 1 aromatic rings. The molecule has 0 aliphatic heterocycles. The molecule has 0 atom stereocenters. The van der Waals surface area contributed by atoms with Crippen molar-refractivity contribution in [1.82, 2.24) is 0 Å². The number of esters is 1. The molecule has 22 heavy (non-hydrogen) atoms. The molecular formula is C13H13F5O4. The Hall–Kier alpha value is -2.06. The standard InChI is InChI=1S/C13H13F5O4/c1-2-20-11(19)4-3-8-5-9(21-12(14)15)7-10(6-8)22-13(16,17)18/h5-7,12H,2-4H2,1H3. The van der Waals surface area contributed by atoms with E-state index in [1.165, 1.54) is 0 Å². The minimum atomic E-state index is -4.97. The van der Waals surface area contributed by atoms with Crippen LogP contribution in [-0.4, -0.2) is 25.6 Å². The number of hydrogen-bond donors (Lipinski definition) is 0. The number of benzene rings is 1. The van der Waals surface area contributed by atoms with Crippen molar-refractivity contribution in [3.8, 4) is 11.5 Å². The van der Waals surface area contributed by atoms with Crippen molar-refractivity contribution in [3.05, 3.63) is 23.8 Å². The SMILES string of the molecule is CCOC(=O)CCc1cc(OC(F)F)cc(OC(F)(F)F)c1. The molecule has 0 aliphatic carbocycles. The van der Waals surface area contributed by atoms with Crippen LogP contribution in [0.5, 0.6) is 11.5 Å². The lowest BCUT2D eigenvalue weighted by Gasteiger charge is -2.13. The van der Waals surface area contributed by atoms with Gasteiger partial charge in [0.05, 0.1) is 6.61 Å². The quantitative estimate of drug-likeness (QED) is 0.566. The van der Waals surface area contributed by atoms with E-state index in [0.29, 0.717) is 6.07 Å². The van der Waals surface area contributed by atoms with Crippen LogP contribution in [0, 0.1) is 0 Å².